The van der Waals surface area contributed by atoms with E-state index in [4.69, 9.17) is 0 Å². The molecule has 0 bridgehead atoms. The summed E-state index contributed by atoms with van der Waals surface area (Å²) in [6.45, 7) is 1.88. The summed E-state index contributed by atoms with van der Waals surface area (Å²) in [5.41, 5.74) is 2.26. The average Bonchev–Trinajstić information content (AvgIpc) is 3.45. The number of carbonyl (C=O) groups is 3. The van der Waals surface area contributed by atoms with E-state index in [2.05, 4.69) is 21.3 Å². The highest BCUT2D eigenvalue weighted by Crippen LogP contribution is 2.20. The Balaban J connectivity index is 1.47. The molecule has 2 saturated carbocycles. The first-order valence-electron chi connectivity index (χ1n) is 9.77. The summed E-state index contributed by atoms with van der Waals surface area (Å²) in [6, 6.07) is 5.40. The molecule has 2 aliphatic carbocycles. The molecular formula is C20H28N4O3. The maximum atomic E-state index is 12.4. The van der Waals surface area contributed by atoms with Gasteiger partial charge in [0.25, 0.3) is 5.91 Å². The number of imide groups is 1. The van der Waals surface area contributed by atoms with Crippen molar-refractivity contribution in [3.8, 4) is 0 Å². The van der Waals surface area contributed by atoms with Crippen LogP contribution in [0.4, 0.5) is 10.5 Å². The van der Waals surface area contributed by atoms with E-state index in [1.807, 2.05) is 13.0 Å². The monoisotopic (exact) mass is 372 g/mol. The summed E-state index contributed by atoms with van der Waals surface area (Å²) in [7, 11) is 0. The topological polar surface area (TPSA) is 99.3 Å². The SMILES string of the molecule is Cc1cc(C(=O)NC2CCCCC2)ccc1NCC(=O)NC(=O)NC1CC1. The summed E-state index contributed by atoms with van der Waals surface area (Å²) in [4.78, 5) is 35.8. The number of hydrogen-bond donors (Lipinski definition) is 4. The van der Waals surface area contributed by atoms with Gasteiger partial charge in [-0.15, -0.1) is 0 Å². The lowest BCUT2D eigenvalue weighted by molar-refractivity contribution is -0.118. The second-order valence-electron chi connectivity index (χ2n) is 7.49. The molecule has 0 aliphatic heterocycles. The standard InChI is InChI=1S/C20H28N4O3/c1-13-11-14(19(26)22-15-5-3-2-4-6-15)7-10-17(13)21-12-18(25)24-20(27)23-16-8-9-16/h7,10-11,15-16,21H,2-6,8-9,12H2,1H3,(H,22,26)(H2,23,24,25,27). The van der Waals surface area contributed by atoms with Crippen molar-refractivity contribution in [2.24, 2.45) is 0 Å². The maximum absolute atomic E-state index is 12.4. The fourth-order valence-electron chi connectivity index (χ4n) is 3.31. The minimum absolute atomic E-state index is 0.00740. The molecule has 0 unspecified atom stereocenters. The molecule has 7 nitrogen and oxygen atoms in total. The summed E-state index contributed by atoms with van der Waals surface area (Å²) >= 11 is 0. The van der Waals surface area contributed by atoms with Crippen LogP contribution in [0.15, 0.2) is 18.2 Å². The number of amides is 4. The molecule has 1 aromatic carbocycles. The molecule has 0 saturated heterocycles. The molecule has 2 fully saturated rings. The third-order valence-electron chi connectivity index (χ3n) is 5.03. The molecule has 146 valence electrons. The Bertz CT molecular complexity index is 709. The second-order valence-corrected chi connectivity index (χ2v) is 7.49. The van der Waals surface area contributed by atoms with Gasteiger partial charge in [-0.25, -0.2) is 4.79 Å². The molecule has 0 atom stereocenters. The van der Waals surface area contributed by atoms with Crippen LogP contribution in [-0.2, 0) is 4.79 Å². The lowest BCUT2D eigenvalue weighted by Crippen LogP contribution is -2.42. The molecule has 7 heteroatoms. The zero-order chi connectivity index (χ0) is 19.2. The van der Waals surface area contributed by atoms with E-state index >= 15 is 0 Å². The fourth-order valence-corrected chi connectivity index (χ4v) is 3.31. The fraction of sp³-hybridized carbons (Fsp3) is 0.550. The molecule has 4 amide bonds. The molecule has 3 rings (SSSR count). The molecule has 0 spiro atoms. The Morgan fingerprint density at radius 3 is 2.33 bits per heavy atom. The Morgan fingerprint density at radius 2 is 1.67 bits per heavy atom. The summed E-state index contributed by atoms with van der Waals surface area (Å²) in [6.07, 6.45) is 7.64. The van der Waals surface area contributed by atoms with Crippen LogP contribution >= 0.6 is 0 Å². The first-order chi connectivity index (χ1) is 13.0. The van der Waals surface area contributed by atoms with Gasteiger partial charge in [-0.3, -0.25) is 14.9 Å². The van der Waals surface area contributed by atoms with E-state index in [-0.39, 0.29) is 24.5 Å². The van der Waals surface area contributed by atoms with Crippen molar-refractivity contribution >= 4 is 23.5 Å². The van der Waals surface area contributed by atoms with Crippen LogP contribution in [0.1, 0.15) is 60.9 Å². The first-order valence-corrected chi connectivity index (χ1v) is 9.77. The Kier molecular flexibility index (Phi) is 6.32. The highest BCUT2D eigenvalue weighted by molar-refractivity contribution is 5.97. The van der Waals surface area contributed by atoms with E-state index in [1.54, 1.807) is 12.1 Å². The third-order valence-corrected chi connectivity index (χ3v) is 5.03. The highest BCUT2D eigenvalue weighted by Gasteiger charge is 2.23. The van der Waals surface area contributed by atoms with Crippen LogP contribution in [0, 0.1) is 6.92 Å². The molecule has 2 aliphatic rings. The number of carbonyl (C=O) groups excluding carboxylic acids is 3. The van der Waals surface area contributed by atoms with Crippen molar-refractivity contribution in [3.63, 3.8) is 0 Å². The van der Waals surface area contributed by atoms with Gasteiger partial charge in [-0.05, 0) is 56.4 Å². The Hall–Kier alpha value is -2.57. The predicted molar refractivity (Wildman–Crippen MR) is 104 cm³/mol. The Morgan fingerprint density at radius 1 is 0.963 bits per heavy atom. The normalized spacial score (nSPS) is 17.1. The van der Waals surface area contributed by atoms with Gasteiger partial charge in [-0.1, -0.05) is 19.3 Å². The summed E-state index contributed by atoms with van der Waals surface area (Å²) in [5.74, 6) is -0.447. The van der Waals surface area contributed by atoms with Crippen molar-refractivity contribution < 1.29 is 14.4 Å². The first kappa shape index (κ1) is 19.2. The van der Waals surface area contributed by atoms with Gasteiger partial charge in [0, 0.05) is 23.3 Å². The number of rotatable bonds is 6. The molecule has 1 aromatic rings. The number of anilines is 1. The smallest absolute Gasteiger partial charge is 0.321 e. The number of urea groups is 1. The number of nitrogens with one attached hydrogen (secondary N) is 4. The van der Waals surface area contributed by atoms with Crippen molar-refractivity contribution in [1.29, 1.82) is 0 Å². The number of benzene rings is 1. The minimum Gasteiger partial charge on any atom is -0.376 e. The van der Waals surface area contributed by atoms with E-state index in [9.17, 15) is 14.4 Å². The van der Waals surface area contributed by atoms with Crippen molar-refractivity contribution in [2.75, 3.05) is 11.9 Å². The van der Waals surface area contributed by atoms with Gasteiger partial charge in [-0.2, -0.15) is 0 Å². The van der Waals surface area contributed by atoms with Crippen LogP contribution in [0.25, 0.3) is 0 Å². The number of hydrogen-bond acceptors (Lipinski definition) is 4. The third kappa shape index (κ3) is 5.98. The van der Waals surface area contributed by atoms with Crippen LogP contribution < -0.4 is 21.3 Å². The second kappa shape index (κ2) is 8.88. The zero-order valence-corrected chi connectivity index (χ0v) is 15.8. The van der Waals surface area contributed by atoms with Crippen LogP contribution in [0.2, 0.25) is 0 Å². The lowest BCUT2D eigenvalue weighted by atomic mass is 9.95. The van der Waals surface area contributed by atoms with Gasteiger partial charge >= 0.3 is 6.03 Å². The van der Waals surface area contributed by atoms with Crippen LogP contribution in [-0.4, -0.2) is 36.5 Å². The highest BCUT2D eigenvalue weighted by atomic mass is 16.2. The summed E-state index contributed by atoms with van der Waals surface area (Å²) < 4.78 is 0. The van der Waals surface area contributed by atoms with Gasteiger partial charge in [0.1, 0.15) is 0 Å². The zero-order valence-electron chi connectivity index (χ0n) is 15.8. The van der Waals surface area contributed by atoms with Crippen LogP contribution in [0.3, 0.4) is 0 Å². The molecular weight excluding hydrogens is 344 g/mol. The summed E-state index contributed by atoms with van der Waals surface area (Å²) in [5, 5.41) is 11.1. The van der Waals surface area contributed by atoms with E-state index in [0.717, 1.165) is 36.9 Å². The number of aryl methyl sites for hydroxylation is 1. The molecule has 0 aromatic heterocycles. The van der Waals surface area contributed by atoms with E-state index < -0.39 is 11.9 Å². The minimum atomic E-state index is -0.448. The molecule has 0 radical (unpaired) electrons. The van der Waals surface area contributed by atoms with Crippen molar-refractivity contribution in [1.82, 2.24) is 16.0 Å². The van der Waals surface area contributed by atoms with E-state index in [0.29, 0.717) is 5.56 Å². The van der Waals surface area contributed by atoms with Gasteiger partial charge in [0.05, 0.1) is 6.54 Å². The molecule has 4 N–H and O–H groups in total. The van der Waals surface area contributed by atoms with Crippen molar-refractivity contribution in [3.05, 3.63) is 29.3 Å². The predicted octanol–water partition coefficient (Wildman–Crippen LogP) is 2.46. The van der Waals surface area contributed by atoms with Gasteiger partial charge in [0.15, 0.2) is 0 Å². The van der Waals surface area contributed by atoms with Gasteiger partial charge in [0.2, 0.25) is 5.91 Å². The van der Waals surface area contributed by atoms with E-state index in [1.165, 1.54) is 19.3 Å². The Labute approximate surface area is 159 Å². The quantitative estimate of drug-likeness (QED) is 0.616. The maximum Gasteiger partial charge on any atom is 0.321 e. The molecule has 0 heterocycles. The van der Waals surface area contributed by atoms with Crippen LogP contribution in [0.5, 0.6) is 0 Å². The molecule has 27 heavy (non-hydrogen) atoms. The average molecular weight is 372 g/mol. The lowest BCUT2D eigenvalue weighted by Gasteiger charge is -2.23. The van der Waals surface area contributed by atoms with Crippen molar-refractivity contribution in [2.45, 2.75) is 64.0 Å². The van der Waals surface area contributed by atoms with Gasteiger partial charge < -0.3 is 16.0 Å². The largest absolute Gasteiger partial charge is 0.376 e.